The van der Waals surface area contributed by atoms with Crippen LogP contribution in [0.4, 0.5) is 0 Å². The second kappa shape index (κ2) is 9.71. The molecule has 0 amide bonds. The van der Waals surface area contributed by atoms with Crippen LogP contribution in [0.2, 0.25) is 5.15 Å². The van der Waals surface area contributed by atoms with Crippen molar-refractivity contribution >= 4 is 38.9 Å². The molecule has 25 heavy (non-hydrogen) atoms. The lowest BCUT2D eigenvalue weighted by atomic mass is 10.2. The van der Waals surface area contributed by atoms with E-state index in [1.54, 1.807) is 36.8 Å². The monoisotopic (exact) mass is 401 g/mol. The van der Waals surface area contributed by atoms with Gasteiger partial charge in [0.25, 0.3) is 0 Å². The van der Waals surface area contributed by atoms with Crippen LogP contribution >= 0.6 is 22.9 Å². The van der Waals surface area contributed by atoms with E-state index >= 15 is 0 Å². The van der Waals surface area contributed by atoms with Crippen molar-refractivity contribution < 1.29 is 8.42 Å². The molecule has 0 aliphatic heterocycles. The predicted octanol–water partition coefficient (Wildman–Crippen LogP) is 1.48. The minimum Gasteiger partial charge on any atom is -0.356 e. The van der Waals surface area contributed by atoms with E-state index in [1.165, 1.54) is 11.3 Å². The minimum atomic E-state index is -3.43. The van der Waals surface area contributed by atoms with Crippen molar-refractivity contribution in [2.24, 2.45) is 4.99 Å². The van der Waals surface area contributed by atoms with Crippen LogP contribution in [0.15, 0.2) is 45.0 Å². The van der Waals surface area contributed by atoms with Crippen LogP contribution < -0.4 is 15.4 Å². The summed E-state index contributed by atoms with van der Waals surface area (Å²) in [4.78, 5) is 8.13. The van der Waals surface area contributed by atoms with E-state index in [0.29, 0.717) is 28.4 Å². The molecule has 0 spiro atoms. The average Bonchev–Trinajstić information content (AvgIpc) is 3.14. The number of hydrogen-bond acceptors (Lipinski definition) is 5. The second-order valence-corrected chi connectivity index (χ2v) is 8.32. The number of guanidine groups is 1. The Balaban J connectivity index is 1.67. The molecule has 10 heteroatoms. The number of rotatable bonds is 8. The molecule has 7 nitrogen and oxygen atoms in total. The Bertz CT molecular complexity index is 777. The van der Waals surface area contributed by atoms with Gasteiger partial charge in [-0.05, 0) is 29.5 Å². The van der Waals surface area contributed by atoms with Gasteiger partial charge in [-0.3, -0.25) is 4.99 Å². The molecule has 0 saturated heterocycles. The molecule has 0 aromatic carbocycles. The molecule has 0 aliphatic carbocycles. The molecule has 0 bridgehead atoms. The molecule has 2 aromatic heterocycles. The number of nitrogens with one attached hydrogen (secondary N) is 3. The van der Waals surface area contributed by atoms with Crippen molar-refractivity contribution in [3.8, 4) is 0 Å². The molecule has 0 radical (unpaired) electrons. The number of halogens is 1. The second-order valence-electron chi connectivity index (χ2n) is 4.99. The van der Waals surface area contributed by atoms with Crippen LogP contribution in [0.3, 0.4) is 0 Å². The standard InChI is InChI=1S/C15H20ClN5O2S2/c1-17-15(18-7-6-12-4-5-13(16)20-11-12)19-8-9-21-25(22,23)14-3-2-10-24-14/h2-5,10-11,21H,6-9H2,1H3,(H2,17,18,19). The number of nitrogens with zero attached hydrogens (tertiary/aromatic N) is 2. The zero-order valence-electron chi connectivity index (χ0n) is 13.7. The summed E-state index contributed by atoms with van der Waals surface area (Å²) >= 11 is 6.94. The molecular formula is C15H20ClN5O2S2. The van der Waals surface area contributed by atoms with Crippen LogP contribution in [-0.2, 0) is 16.4 Å². The maximum Gasteiger partial charge on any atom is 0.250 e. The van der Waals surface area contributed by atoms with Gasteiger partial charge in [-0.2, -0.15) is 0 Å². The molecule has 0 atom stereocenters. The van der Waals surface area contributed by atoms with Crippen LogP contribution in [0.1, 0.15) is 5.56 Å². The Kier molecular flexibility index (Phi) is 7.63. The number of thiophene rings is 1. The molecule has 0 aliphatic rings. The third-order valence-corrected chi connectivity index (χ3v) is 6.27. The third-order valence-electron chi connectivity index (χ3n) is 3.19. The van der Waals surface area contributed by atoms with Gasteiger partial charge in [0, 0.05) is 32.9 Å². The maximum atomic E-state index is 12.0. The zero-order chi connectivity index (χ0) is 18.1. The third kappa shape index (κ3) is 6.62. The van der Waals surface area contributed by atoms with Gasteiger partial charge < -0.3 is 10.6 Å². The Hall–Kier alpha value is -1.68. The lowest BCUT2D eigenvalue weighted by Gasteiger charge is -2.12. The first-order chi connectivity index (χ1) is 12.0. The van der Waals surface area contributed by atoms with Crippen LogP contribution in [0, 0.1) is 0 Å². The normalized spacial score (nSPS) is 12.2. The van der Waals surface area contributed by atoms with Gasteiger partial charge in [0.2, 0.25) is 10.0 Å². The summed E-state index contributed by atoms with van der Waals surface area (Å²) < 4.78 is 26.8. The first kappa shape index (κ1) is 19.6. The van der Waals surface area contributed by atoms with E-state index in [1.807, 2.05) is 6.07 Å². The van der Waals surface area contributed by atoms with E-state index in [-0.39, 0.29) is 6.54 Å². The molecule has 3 N–H and O–H groups in total. The van der Waals surface area contributed by atoms with E-state index in [2.05, 4.69) is 25.3 Å². The molecule has 0 unspecified atom stereocenters. The minimum absolute atomic E-state index is 0.266. The Morgan fingerprint density at radius 1 is 1.24 bits per heavy atom. The summed E-state index contributed by atoms with van der Waals surface area (Å²) in [7, 11) is -1.77. The molecular weight excluding hydrogens is 382 g/mol. The maximum absolute atomic E-state index is 12.0. The van der Waals surface area contributed by atoms with Crippen LogP contribution in [0.5, 0.6) is 0 Å². The van der Waals surface area contributed by atoms with Crippen molar-refractivity contribution in [2.75, 3.05) is 26.7 Å². The predicted molar refractivity (Wildman–Crippen MR) is 102 cm³/mol. The highest BCUT2D eigenvalue weighted by atomic mass is 35.5. The zero-order valence-corrected chi connectivity index (χ0v) is 16.1. The number of aromatic nitrogens is 1. The SMILES string of the molecule is CN=C(NCCNS(=O)(=O)c1cccs1)NCCc1ccc(Cl)nc1. The largest absolute Gasteiger partial charge is 0.356 e. The van der Waals surface area contributed by atoms with E-state index in [4.69, 9.17) is 11.6 Å². The fourth-order valence-corrected chi connectivity index (χ4v) is 4.14. The summed E-state index contributed by atoms with van der Waals surface area (Å²) in [6, 6.07) is 6.96. The highest BCUT2D eigenvalue weighted by Crippen LogP contribution is 2.14. The average molecular weight is 402 g/mol. The number of pyridine rings is 1. The van der Waals surface area contributed by atoms with Gasteiger partial charge in [0.1, 0.15) is 9.36 Å². The van der Waals surface area contributed by atoms with E-state index in [0.717, 1.165) is 12.0 Å². The van der Waals surface area contributed by atoms with Crippen molar-refractivity contribution in [1.82, 2.24) is 20.3 Å². The summed E-state index contributed by atoms with van der Waals surface area (Å²) in [5.74, 6) is 0.609. The van der Waals surface area contributed by atoms with Gasteiger partial charge in [0.15, 0.2) is 5.96 Å². The highest BCUT2D eigenvalue weighted by molar-refractivity contribution is 7.91. The smallest absolute Gasteiger partial charge is 0.250 e. The molecule has 136 valence electrons. The Morgan fingerprint density at radius 2 is 2.04 bits per heavy atom. The van der Waals surface area contributed by atoms with Crippen molar-refractivity contribution in [3.63, 3.8) is 0 Å². The molecule has 2 aromatic rings. The van der Waals surface area contributed by atoms with Crippen molar-refractivity contribution in [2.45, 2.75) is 10.6 Å². The topological polar surface area (TPSA) is 95.5 Å². The molecule has 0 saturated carbocycles. The molecule has 2 rings (SSSR count). The van der Waals surface area contributed by atoms with Crippen LogP contribution in [-0.4, -0.2) is 46.0 Å². The van der Waals surface area contributed by atoms with Gasteiger partial charge in [-0.25, -0.2) is 18.1 Å². The molecule has 0 fully saturated rings. The lowest BCUT2D eigenvalue weighted by molar-refractivity contribution is 0.582. The van der Waals surface area contributed by atoms with Gasteiger partial charge >= 0.3 is 0 Å². The fourth-order valence-electron chi connectivity index (χ4n) is 1.95. The van der Waals surface area contributed by atoms with Crippen LogP contribution in [0.25, 0.3) is 0 Å². The quantitative estimate of drug-likeness (QED) is 0.269. The Labute approximate surface area is 156 Å². The van der Waals surface area contributed by atoms with Gasteiger partial charge in [-0.15, -0.1) is 11.3 Å². The first-order valence-corrected chi connectivity index (χ1v) is 10.3. The summed E-state index contributed by atoms with van der Waals surface area (Å²) in [6.07, 6.45) is 2.51. The van der Waals surface area contributed by atoms with Gasteiger partial charge in [0.05, 0.1) is 0 Å². The van der Waals surface area contributed by atoms with Crippen molar-refractivity contribution in [1.29, 1.82) is 0 Å². The van der Waals surface area contributed by atoms with Gasteiger partial charge in [-0.1, -0.05) is 23.7 Å². The molecule has 2 heterocycles. The highest BCUT2D eigenvalue weighted by Gasteiger charge is 2.13. The lowest BCUT2D eigenvalue weighted by Crippen LogP contribution is -2.42. The fraction of sp³-hybridized carbons (Fsp3) is 0.333. The summed E-state index contributed by atoms with van der Waals surface area (Å²) in [5, 5.41) is 8.42. The van der Waals surface area contributed by atoms with Crippen molar-refractivity contribution in [3.05, 3.63) is 46.6 Å². The van der Waals surface area contributed by atoms with E-state index in [9.17, 15) is 8.42 Å². The summed E-state index contributed by atoms with van der Waals surface area (Å²) in [6.45, 7) is 1.36. The first-order valence-electron chi connectivity index (χ1n) is 7.59. The Morgan fingerprint density at radius 3 is 2.68 bits per heavy atom. The van der Waals surface area contributed by atoms with E-state index < -0.39 is 10.0 Å². The number of sulfonamides is 1. The number of hydrogen-bond donors (Lipinski definition) is 3. The number of aliphatic imine (C=N–C) groups is 1. The summed E-state index contributed by atoms with van der Waals surface area (Å²) in [5.41, 5.74) is 1.07.